The average Bonchev–Trinajstić information content (AvgIpc) is 2.72. The van der Waals surface area contributed by atoms with E-state index in [1.165, 1.54) is 12.3 Å². The molecule has 0 saturated heterocycles. The molecular formula is C18H16N2O. The predicted molar refractivity (Wildman–Crippen MR) is 84.3 cm³/mol. The van der Waals surface area contributed by atoms with E-state index in [0.717, 1.165) is 6.20 Å². The molecule has 0 saturated carbocycles. The summed E-state index contributed by atoms with van der Waals surface area (Å²) in [6, 6.07) is 8.78. The second kappa shape index (κ2) is 5.75. The molecule has 3 heterocycles. The fourth-order valence-corrected chi connectivity index (χ4v) is 1.75. The van der Waals surface area contributed by atoms with Crippen LogP contribution in [-0.2, 0) is 0 Å². The molecule has 3 aromatic heterocycles. The number of fused-ring (bicyclic) bond motifs is 1. The lowest BCUT2D eigenvalue weighted by atomic mass is 10.2. The van der Waals surface area contributed by atoms with Crippen LogP contribution in [0, 0.1) is 13.7 Å². The summed E-state index contributed by atoms with van der Waals surface area (Å²) < 4.78 is 66.6. The van der Waals surface area contributed by atoms with Crippen LogP contribution in [-0.4, -0.2) is 9.97 Å². The molecule has 0 bridgehead atoms. The Balaban J connectivity index is 2.21. The first kappa shape index (κ1) is 6.85. The molecule has 3 rings (SSSR count). The van der Waals surface area contributed by atoms with E-state index in [4.69, 9.17) is 15.4 Å². The van der Waals surface area contributed by atoms with E-state index in [1.807, 2.05) is 0 Å². The fraction of sp³-hybridized carbons (Fsp3) is 0.111. The summed E-state index contributed by atoms with van der Waals surface area (Å²) in [7, 11) is 0. The normalized spacial score (nSPS) is 17.1. The molecule has 0 aliphatic rings. The van der Waals surface area contributed by atoms with Gasteiger partial charge in [-0.05, 0) is 49.6 Å². The maximum absolute atomic E-state index is 8.16. The lowest BCUT2D eigenvalue weighted by molar-refractivity contribution is 0.594. The summed E-state index contributed by atoms with van der Waals surface area (Å²) in [5.41, 5.74) is -0.00861. The molecule has 3 aromatic rings. The number of nitrogens with zero attached hydrogens (tertiary/aromatic N) is 2. The van der Waals surface area contributed by atoms with E-state index in [-0.39, 0.29) is 28.7 Å². The minimum atomic E-state index is -2.55. The van der Waals surface area contributed by atoms with Crippen LogP contribution in [0.5, 0.6) is 0 Å². The maximum Gasteiger partial charge on any atom is 0.225 e. The van der Waals surface area contributed by atoms with Gasteiger partial charge in [0.05, 0.1) is 8.44 Å². The lowest BCUT2D eigenvalue weighted by Crippen LogP contribution is -1.82. The molecule has 0 unspecified atom stereocenters. The summed E-state index contributed by atoms with van der Waals surface area (Å²) in [5, 5.41) is 0.554. The summed E-state index contributed by atoms with van der Waals surface area (Å²) >= 11 is 0. The van der Waals surface area contributed by atoms with Gasteiger partial charge in [0.15, 0.2) is 0 Å². The zero-order valence-corrected chi connectivity index (χ0v) is 10.9. The Morgan fingerprint density at radius 1 is 1.10 bits per heavy atom. The fourth-order valence-electron chi connectivity index (χ4n) is 1.75. The Hall–Kier alpha value is -2.68. The van der Waals surface area contributed by atoms with E-state index in [1.54, 1.807) is 30.3 Å². The second-order valence-electron chi connectivity index (χ2n) is 4.27. The van der Waals surface area contributed by atoms with Crippen molar-refractivity contribution in [2.45, 2.75) is 13.7 Å². The smallest absolute Gasteiger partial charge is 0.225 e. The summed E-state index contributed by atoms with van der Waals surface area (Å²) in [6.45, 7) is -4.94. The van der Waals surface area contributed by atoms with Gasteiger partial charge in [-0.1, -0.05) is 18.2 Å². The third kappa shape index (κ3) is 3.08. The van der Waals surface area contributed by atoms with Crippen LogP contribution in [0.25, 0.3) is 22.4 Å². The highest BCUT2D eigenvalue weighted by atomic mass is 16.3. The lowest BCUT2D eigenvalue weighted by Gasteiger charge is -1.98. The van der Waals surface area contributed by atoms with Crippen molar-refractivity contribution in [1.29, 1.82) is 0 Å². The molecule has 0 fully saturated rings. The van der Waals surface area contributed by atoms with E-state index >= 15 is 0 Å². The van der Waals surface area contributed by atoms with Crippen LogP contribution in [0.15, 0.2) is 65.4 Å². The SMILES string of the molecule is [2H]c1c(C([2H])([2H])[2H])cnc(-c2ccccc3ccc(C([2H])([2H])[2H])nc3oc2)c1[2H]. The first-order chi connectivity index (χ1) is 13.5. The number of hydrogen-bond acceptors (Lipinski definition) is 3. The molecule has 0 amide bonds. The zero-order valence-electron chi connectivity index (χ0n) is 18.9. The van der Waals surface area contributed by atoms with E-state index in [0.29, 0.717) is 10.9 Å². The predicted octanol–water partition coefficient (Wildman–Crippen LogP) is 4.63. The van der Waals surface area contributed by atoms with Gasteiger partial charge in [-0.2, -0.15) is 0 Å². The van der Waals surface area contributed by atoms with Gasteiger partial charge in [0.25, 0.3) is 0 Å². The van der Waals surface area contributed by atoms with Gasteiger partial charge in [-0.25, -0.2) is 4.98 Å². The van der Waals surface area contributed by atoms with Gasteiger partial charge in [0, 0.05) is 31.1 Å². The minimum absolute atomic E-state index is 0.0584. The molecule has 0 aliphatic carbocycles. The van der Waals surface area contributed by atoms with Crippen molar-refractivity contribution < 1.29 is 15.4 Å². The van der Waals surface area contributed by atoms with Crippen LogP contribution in [0.3, 0.4) is 0 Å². The van der Waals surface area contributed by atoms with Gasteiger partial charge in [-0.3, -0.25) is 4.98 Å². The Kier molecular flexibility index (Phi) is 1.88. The molecule has 104 valence electrons. The standard InChI is InChI=1S/C18H16N2O/c1-13-7-10-17(19-11-13)16-6-4-3-5-15-9-8-14(2)20-18(15)21-12-16/h3-12H,1-2H3/i1D3,2D3,7D,10D. The topological polar surface area (TPSA) is 38.9 Å². The zero-order chi connectivity index (χ0) is 21.4. The first-order valence-corrected chi connectivity index (χ1v) is 6.18. The Morgan fingerprint density at radius 2 is 2.05 bits per heavy atom. The van der Waals surface area contributed by atoms with Crippen LogP contribution in [0.1, 0.15) is 22.2 Å². The highest BCUT2D eigenvalue weighted by molar-refractivity contribution is 5.72. The van der Waals surface area contributed by atoms with Crippen molar-refractivity contribution in [1.82, 2.24) is 9.97 Å². The second-order valence-corrected chi connectivity index (χ2v) is 4.27. The monoisotopic (exact) mass is 284 g/mol. The Bertz CT molecular complexity index is 1120. The van der Waals surface area contributed by atoms with Crippen molar-refractivity contribution in [3.05, 3.63) is 72.2 Å². The van der Waals surface area contributed by atoms with Gasteiger partial charge in [0.1, 0.15) is 6.26 Å². The van der Waals surface area contributed by atoms with Crippen LogP contribution in [0.4, 0.5) is 0 Å². The third-order valence-electron chi connectivity index (χ3n) is 2.76. The van der Waals surface area contributed by atoms with Gasteiger partial charge >= 0.3 is 0 Å². The number of hydrogen-bond donors (Lipinski definition) is 0. The molecular weight excluding hydrogens is 260 g/mol. The maximum atomic E-state index is 8.16. The molecule has 3 heteroatoms. The number of rotatable bonds is 1. The van der Waals surface area contributed by atoms with Crippen LogP contribution >= 0.6 is 0 Å². The minimum Gasteiger partial charge on any atom is -0.445 e. The highest BCUT2D eigenvalue weighted by Crippen LogP contribution is 2.17. The average molecular weight is 284 g/mol. The summed E-state index contributed by atoms with van der Waals surface area (Å²) in [6.07, 6.45) is 2.30. The molecule has 0 aliphatic heterocycles. The van der Waals surface area contributed by atoms with Gasteiger partial charge < -0.3 is 4.42 Å². The third-order valence-corrected chi connectivity index (χ3v) is 2.76. The number of pyridine rings is 2. The van der Waals surface area contributed by atoms with Crippen molar-refractivity contribution in [2.24, 2.45) is 0 Å². The molecule has 3 nitrogen and oxygen atoms in total. The van der Waals surface area contributed by atoms with E-state index < -0.39 is 19.7 Å². The quantitative estimate of drug-likeness (QED) is 0.654. The Labute approximate surface area is 134 Å². The van der Waals surface area contributed by atoms with Gasteiger partial charge in [-0.15, -0.1) is 0 Å². The molecule has 0 aromatic carbocycles. The first-order valence-electron chi connectivity index (χ1n) is 10.2. The number of aromatic nitrogens is 2. The highest BCUT2D eigenvalue weighted by Gasteiger charge is 1.98. The van der Waals surface area contributed by atoms with Crippen molar-refractivity contribution in [3.63, 3.8) is 0 Å². The van der Waals surface area contributed by atoms with Crippen molar-refractivity contribution in [2.75, 3.05) is 0 Å². The molecule has 0 atom stereocenters. The van der Waals surface area contributed by atoms with Crippen LogP contribution in [0.2, 0.25) is 0 Å². The van der Waals surface area contributed by atoms with Crippen molar-refractivity contribution >= 4 is 11.1 Å². The molecule has 0 N–H and O–H groups in total. The summed E-state index contributed by atoms with van der Waals surface area (Å²) in [5.74, 6) is 0. The summed E-state index contributed by atoms with van der Waals surface area (Å²) in [4.78, 5) is 8.10. The van der Waals surface area contributed by atoms with E-state index in [9.17, 15) is 0 Å². The largest absolute Gasteiger partial charge is 0.445 e. The molecule has 0 radical (unpaired) electrons. The number of aryl methyl sites for hydroxylation is 2. The molecule has 21 heavy (non-hydrogen) atoms. The van der Waals surface area contributed by atoms with Gasteiger partial charge in [0.2, 0.25) is 5.71 Å². The Morgan fingerprint density at radius 3 is 2.95 bits per heavy atom. The van der Waals surface area contributed by atoms with Crippen molar-refractivity contribution in [3.8, 4) is 11.3 Å². The molecule has 0 spiro atoms. The van der Waals surface area contributed by atoms with Crippen LogP contribution < -0.4 is 0 Å². The van der Waals surface area contributed by atoms with E-state index in [2.05, 4.69) is 9.97 Å².